The second-order valence-corrected chi connectivity index (χ2v) is 4.95. The number of nitrogens with one attached hydrogen (secondary N) is 1. The third-order valence-electron chi connectivity index (χ3n) is 3.29. The highest BCUT2D eigenvalue weighted by molar-refractivity contribution is 7.80. The van der Waals surface area contributed by atoms with Crippen LogP contribution in [0.4, 0.5) is 0 Å². The number of aliphatic hydroxyl groups is 3. The zero-order chi connectivity index (χ0) is 13.5. The van der Waals surface area contributed by atoms with E-state index in [1.54, 1.807) is 0 Å². The van der Waals surface area contributed by atoms with E-state index in [0.717, 1.165) is 0 Å². The summed E-state index contributed by atoms with van der Waals surface area (Å²) in [4.78, 5) is 15.8. The Morgan fingerprint density at radius 1 is 1.56 bits per heavy atom. The molecule has 1 fully saturated rings. The minimum atomic E-state index is -1.28. The van der Waals surface area contributed by atoms with Crippen molar-refractivity contribution in [2.75, 3.05) is 6.61 Å². The van der Waals surface area contributed by atoms with Crippen LogP contribution in [0.2, 0.25) is 0 Å². The van der Waals surface area contributed by atoms with Crippen LogP contribution in [-0.4, -0.2) is 63.6 Å². The predicted molar refractivity (Wildman–Crippen MR) is 65.1 cm³/mol. The van der Waals surface area contributed by atoms with Gasteiger partial charge in [0.05, 0.1) is 6.61 Å². The molecule has 2 rings (SSSR count). The van der Waals surface area contributed by atoms with E-state index < -0.39 is 42.3 Å². The van der Waals surface area contributed by atoms with Crippen molar-refractivity contribution in [2.45, 2.75) is 31.3 Å². The molecule has 2 heterocycles. The van der Waals surface area contributed by atoms with Crippen molar-refractivity contribution in [1.29, 1.82) is 0 Å². The maximum atomic E-state index is 11.9. The average Bonchev–Trinajstić information content (AvgIpc) is 2.62. The molecule has 0 bridgehead atoms. The van der Waals surface area contributed by atoms with Crippen molar-refractivity contribution in [3.05, 3.63) is 0 Å². The fraction of sp³-hybridized carbons (Fsp3) is 0.700. The van der Waals surface area contributed by atoms with Crippen molar-refractivity contribution in [3.63, 3.8) is 0 Å². The minimum Gasteiger partial charge on any atom is -0.394 e. The van der Waals surface area contributed by atoms with Gasteiger partial charge < -0.3 is 25.4 Å². The first-order valence-corrected chi connectivity index (χ1v) is 5.84. The van der Waals surface area contributed by atoms with Gasteiger partial charge in [0.15, 0.2) is 5.11 Å². The van der Waals surface area contributed by atoms with Crippen LogP contribution in [-0.2, 0) is 9.53 Å². The van der Waals surface area contributed by atoms with Gasteiger partial charge in [0.2, 0.25) is 5.91 Å². The third kappa shape index (κ3) is 1.95. The zero-order valence-corrected chi connectivity index (χ0v) is 10.4. The lowest BCUT2D eigenvalue weighted by molar-refractivity contribution is -0.135. The molecule has 18 heavy (non-hydrogen) atoms. The number of nitrogens with zero attached hydrogens (tertiary/aromatic N) is 1. The molecule has 0 saturated carbocycles. The summed E-state index contributed by atoms with van der Waals surface area (Å²) in [5, 5.41) is 31.0. The first-order chi connectivity index (χ1) is 8.40. The van der Waals surface area contributed by atoms with Gasteiger partial charge in [-0.1, -0.05) is 0 Å². The Hall–Kier alpha value is -0.930. The van der Waals surface area contributed by atoms with E-state index in [9.17, 15) is 15.0 Å². The molecule has 1 saturated heterocycles. The quantitative estimate of drug-likeness (QED) is 0.432. The molecule has 0 radical (unpaired) electrons. The monoisotopic (exact) mass is 274 g/mol. The maximum absolute atomic E-state index is 11.9. The number of hydrogen-bond donors (Lipinski definition) is 4. The predicted octanol–water partition coefficient (Wildman–Crippen LogP) is -2.04. The second-order valence-electron chi connectivity index (χ2n) is 4.56. The zero-order valence-electron chi connectivity index (χ0n) is 9.61. The molecule has 1 amide bonds. The lowest BCUT2D eigenvalue weighted by atomic mass is 9.80. The van der Waals surface area contributed by atoms with Crippen LogP contribution in [0.5, 0.6) is 0 Å². The lowest BCUT2D eigenvalue weighted by Crippen LogP contribution is -2.55. The molecule has 100 valence electrons. The van der Waals surface area contributed by atoms with Gasteiger partial charge in [-0.2, -0.15) is 0 Å². The SMILES string of the molecule is CC1([C@@H]2O[C@H](CO)[C@@H](O)[C@H]2O)C=NC(=S)NC1=O. The number of aliphatic imine (C=N–C) groups is 1. The summed E-state index contributed by atoms with van der Waals surface area (Å²) in [6, 6.07) is 0. The summed E-state index contributed by atoms with van der Waals surface area (Å²) in [6.07, 6.45) is -3.13. The summed E-state index contributed by atoms with van der Waals surface area (Å²) in [7, 11) is 0. The van der Waals surface area contributed by atoms with Crippen LogP contribution in [0.1, 0.15) is 6.92 Å². The van der Waals surface area contributed by atoms with E-state index in [1.165, 1.54) is 13.1 Å². The van der Waals surface area contributed by atoms with Gasteiger partial charge in [0, 0.05) is 6.21 Å². The Balaban J connectivity index is 2.29. The molecule has 7 nitrogen and oxygen atoms in total. The van der Waals surface area contributed by atoms with E-state index in [0.29, 0.717) is 0 Å². The van der Waals surface area contributed by atoms with Gasteiger partial charge >= 0.3 is 0 Å². The van der Waals surface area contributed by atoms with Crippen LogP contribution in [0.25, 0.3) is 0 Å². The first kappa shape index (κ1) is 13.5. The fourth-order valence-electron chi connectivity index (χ4n) is 2.11. The summed E-state index contributed by atoms with van der Waals surface area (Å²) < 4.78 is 5.34. The highest BCUT2D eigenvalue weighted by atomic mass is 32.1. The molecular formula is C10H14N2O5S. The van der Waals surface area contributed by atoms with Crippen molar-refractivity contribution in [2.24, 2.45) is 10.4 Å². The Bertz CT molecular complexity index is 415. The lowest BCUT2D eigenvalue weighted by Gasteiger charge is -2.33. The van der Waals surface area contributed by atoms with Gasteiger partial charge in [-0.15, -0.1) is 0 Å². The Labute approximate surface area is 108 Å². The topological polar surface area (TPSA) is 111 Å². The molecule has 5 atom stereocenters. The highest BCUT2D eigenvalue weighted by Crippen LogP contribution is 2.34. The first-order valence-electron chi connectivity index (χ1n) is 5.43. The van der Waals surface area contributed by atoms with E-state index >= 15 is 0 Å². The van der Waals surface area contributed by atoms with Crippen LogP contribution < -0.4 is 5.32 Å². The molecule has 2 aliphatic rings. The van der Waals surface area contributed by atoms with E-state index in [4.69, 9.17) is 22.1 Å². The molecule has 0 aromatic rings. The third-order valence-corrected chi connectivity index (χ3v) is 3.50. The largest absolute Gasteiger partial charge is 0.394 e. The highest BCUT2D eigenvalue weighted by Gasteiger charge is 2.54. The van der Waals surface area contributed by atoms with Gasteiger partial charge in [0.1, 0.15) is 29.8 Å². The minimum absolute atomic E-state index is 0.0456. The Kier molecular flexibility index (Phi) is 3.47. The smallest absolute Gasteiger partial charge is 0.240 e. The summed E-state index contributed by atoms with van der Waals surface area (Å²) in [5.74, 6) is -0.461. The van der Waals surface area contributed by atoms with Crippen LogP contribution in [0.15, 0.2) is 4.99 Å². The van der Waals surface area contributed by atoms with Crippen molar-refractivity contribution >= 4 is 29.5 Å². The van der Waals surface area contributed by atoms with Gasteiger partial charge in [0.25, 0.3) is 0 Å². The Morgan fingerprint density at radius 3 is 2.72 bits per heavy atom. The average molecular weight is 274 g/mol. The van der Waals surface area contributed by atoms with E-state index in [1.807, 2.05) is 0 Å². The maximum Gasteiger partial charge on any atom is 0.240 e. The van der Waals surface area contributed by atoms with E-state index in [2.05, 4.69) is 10.3 Å². The summed E-state index contributed by atoms with van der Waals surface area (Å²) in [5.41, 5.74) is -1.24. The van der Waals surface area contributed by atoms with E-state index in [-0.39, 0.29) is 5.11 Å². The number of carbonyl (C=O) groups excluding carboxylic acids is 1. The van der Waals surface area contributed by atoms with Crippen molar-refractivity contribution < 1.29 is 24.9 Å². The molecule has 2 aliphatic heterocycles. The van der Waals surface area contributed by atoms with Gasteiger partial charge in [-0.25, -0.2) is 4.99 Å². The number of amides is 1. The molecule has 0 aromatic heterocycles. The summed E-state index contributed by atoms with van der Waals surface area (Å²) in [6.45, 7) is 1.08. The molecule has 1 unspecified atom stereocenters. The van der Waals surface area contributed by atoms with Gasteiger partial charge in [-0.05, 0) is 19.1 Å². The molecular weight excluding hydrogens is 260 g/mol. The molecule has 8 heteroatoms. The number of ether oxygens (including phenoxy) is 1. The number of rotatable bonds is 2. The number of hydrogen-bond acceptors (Lipinski definition) is 6. The van der Waals surface area contributed by atoms with Gasteiger partial charge in [-0.3, -0.25) is 4.79 Å². The normalized spacial score (nSPS) is 44.2. The number of carbonyl (C=O) groups is 1. The number of aliphatic hydroxyl groups excluding tert-OH is 3. The molecule has 0 aliphatic carbocycles. The fourth-order valence-corrected chi connectivity index (χ4v) is 2.26. The molecule has 4 N–H and O–H groups in total. The van der Waals surface area contributed by atoms with Crippen LogP contribution in [0.3, 0.4) is 0 Å². The molecule has 0 aromatic carbocycles. The molecule has 0 spiro atoms. The van der Waals surface area contributed by atoms with Crippen molar-refractivity contribution in [3.8, 4) is 0 Å². The second kappa shape index (κ2) is 4.63. The van der Waals surface area contributed by atoms with Crippen LogP contribution >= 0.6 is 12.2 Å². The Morgan fingerprint density at radius 2 is 2.22 bits per heavy atom. The standard InChI is InChI=1S/C10H14N2O5S/c1-10(3-11-9(18)12-8(10)16)7-6(15)5(14)4(2-13)17-7/h3-7,13-15H,2H2,1H3,(H,12,16,18)/t4-,5-,6-,7-,10?/m1/s1. The summed E-state index contributed by atoms with van der Waals surface area (Å²) >= 11 is 4.74. The number of thiocarbonyl (C=S) groups is 1. The van der Waals surface area contributed by atoms with Crippen LogP contribution in [0, 0.1) is 5.41 Å². The van der Waals surface area contributed by atoms with Crippen molar-refractivity contribution in [1.82, 2.24) is 5.32 Å².